The molecule has 3 heterocycles. The molecule has 0 aliphatic carbocycles. The van der Waals surface area contributed by atoms with Gasteiger partial charge in [0.25, 0.3) is 17.4 Å². The number of hydrogen-bond acceptors (Lipinski definition) is 21. The number of carboxylic acid groups (broad SMARTS) is 2. The van der Waals surface area contributed by atoms with Crippen molar-refractivity contribution in [2.24, 2.45) is 0 Å². The summed E-state index contributed by atoms with van der Waals surface area (Å²) in [6.07, 6.45) is -2.26. The number of likely N-dealkylation sites (N-methyl/N-ethyl adjacent to an activating group) is 1. The quantitative estimate of drug-likeness (QED) is 0.0558. The number of esters is 1. The number of fused-ring (bicyclic) bond motifs is 1. The average Bonchev–Trinajstić information content (AvgIpc) is 3.29. The second-order valence-electron chi connectivity index (χ2n) is 13.9. The number of halogens is 2. The molecule has 5 rings (SSSR count). The van der Waals surface area contributed by atoms with Gasteiger partial charge >= 0.3 is 39.6 Å². The van der Waals surface area contributed by atoms with Crippen molar-refractivity contribution in [3.8, 4) is 5.75 Å². The summed E-state index contributed by atoms with van der Waals surface area (Å²) in [7, 11) is -6.64. The van der Waals surface area contributed by atoms with Gasteiger partial charge in [-0.1, -0.05) is 6.07 Å². The fraction of sp³-hybridized carbons (Fsp3) is 0.351. The number of carbonyl (C=O) groups excluding carboxylic acids is 4. The van der Waals surface area contributed by atoms with Gasteiger partial charge in [0.2, 0.25) is 5.95 Å². The number of phosphoric acid groups is 2. The van der Waals surface area contributed by atoms with Crippen LogP contribution in [-0.4, -0.2) is 131 Å². The first-order valence-corrected chi connectivity index (χ1v) is 22.2. The van der Waals surface area contributed by atoms with Crippen molar-refractivity contribution < 1.29 is 93.5 Å². The standard InChI is InChI=1S/C37H40F2N8O19P2.Fm/c1-46(2)28(48)17-59-35(55)25-11-20(3-9-27(25)66-67(57)61-15-24(16-62-67)65-68(58,63-18-38)64-19-39)14-60-37(56)47(13-22-12-41-31-30(42-22)33(52)45-36(40)44-31)23-6-4-21(5-7-23)32(51)43-26(34(53)54)8-10-29(49)50;/h3-7,9,11-12,24,26H,8,10,13-19H2,1-2H3,(H,43,51)(H,49,50)(H,53,54)(H3,40,41,44,45,52);. The molecule has 0 radical (unpaired) electrons. The van der Waals surface area contributed by atoms with Gasteiger partial charge in [0.15, 0.2) is 31.5 Å². The molecule has 6 N–H and O–H groups in total. The maximum Gasteiger partial charge on any atom is 0.530 e. The Morgan fingerprint density at radius 3 is 2.29 bits per heavy atom. The van der Waals surface area contributed by atoms with Crippen molar-refractivity contribution in [3.05, 3.63) is 81.4 Å². The number of nitrogen functional groups attached to an aromatic ring is 1. The molecule has 69 heavy (non-hydrogen) atoms. The number of H-pyrrole nitrogens is 1. The fourth-order valence-corrected chi connectivity index (χ4v) is 7.76. The van der Waals surface area contributed by atoms with Gasteiger partial charge < -0.3 is 40.2 Å². The van der Waals surface area contributed by atoms with Crippen LogP contribution in [0.25, 0.3) is 11.2 Å². The van der Waals surface area contributed by atoms with Gasteiger partial charge in [0.1, 0.15) is 30.1 Å². The van der Waals surface area contributed by atoms with Crippen LogP contribution in [0, 0.1) is 0 Å². The summed E-state index contributed by atoms with van der Waals surface area (Å²) in [5, 5.41) is 20.7. The van der Waals surface area contributed by atoms with Crippen molar-refractivity contribution in [2.75, 3.05) is 58.3 Å². The molecule has 0 bridgehead atoms. The molecule has 27 nitrogen and oxygen atoms in total. The molecule has 32 heteroatoms. The molecule has 1 atom stereocenters. The van der Waals surface area contributed by atoms with E-state index in [0.29, 0.717) is 0 Å². The number of aromatic nitrogens is 4. The number of nitrogens with zero attached hydrogens (tertiary/aromatic N) is 5. The monoisotopic (exact) mass is 1260 g/mol. The van der Waals surface area contributed by atoms with Gasteiger partial charge in [-0.3, -0.25) is 51.7 Å². The molecule has 0 saturated carbocycles. The van der Waals surface area contributed by atoms with E-state index in [1.807, 2.05) is 0 Å². The van der Waals surface area contributed by atoms with Gasteiger partial charge in [-0.2, -0.15) is 4.98 Å². The topological polar surface area (TPSA) is 367 Å². The predicted octanol–water partition coefficient (Wildman–Crippen LogP) is 2.85. The summed E-state index contributed by atoms with van der Waals surface area (Å²) < 4.78 is 91.1. The third-order valence-electron chi connectivity index (χ3n) is 8.91. The summed E-state index contributed by atoms with van der Waals surface area (Å²) in [6.45, 7) is -6.59. The van der Waals surface area contributed by atoms with Crippen LogP contribution in [0.4, 0.5) is 25.2 Å². The van der Waals surface area contributed by atoms with E-state index in [2.05, 4.69) is 34.3 Å². The number of alkyl halides is 2. The Morgan fingerprint density at radius 2 is 1.68 bits per heavy atom. The third kappa shape index (κ3) is 14.7. The Morgan fingerprint density at radius 1 is 1.01 bits per heavy atom. The van der Waals surface area contributed by atoms with Gasteiger partial charge in [-0.05, 0) is 48.4 Å². The van der Waals surface area contributed by atoms with Crippen molar-refractivity contribution in [3.63, 3.8) is 0 Å². The number of hydrogen-bond donors (Lipinski definition) is 5. The summed E-state index contributed by atoms with van der Waals surface area (Å²) in [4.78, 5) is 104. The number of carboxylic acids is 2. The smallest absolute Gasteiger partial charge is 0.481 e. The molecule has 4 aromatic rings. The molecule has 1 unspecified atom stereocenters. The summed E-state index contributed by atoms with van der Waals surface area (Å²) in [6, 6.07) is 6.89. The van der Waals surface area contributed by atoms with E-state index >= 15 is 0 Å². The molecule has 1 aliphatic heterocycles. The maximum absolute atomic E-state index is 13.9. The van der Waals surface area contributed by atoms with Crippen LogP contribution in [0.3, 0.4) is 0 Å². The van der Waals surface area contributed by atoms with Crippen LogP contribution >= 0.6 is 15.6 Å². The minimum atomic E-state index is -4.77. The Kier molecular flexibility index (Phi) is 18.4. The number of carbonyl (C=O) groups is 6. The number of nitrogens with one attached hydrogen (secondary N) is 2. The van der Waals surface area contributed by atoms with E-state index in [4.69, 9.17) is 38.4 Å². The zero-order valence-electron chi connectivity index (χ0n) is 35.7. The van der Waals surface area contributed by atoms with Crippen molar-refractivity contribution in [1.82, 2.24) is 30.2 Å². The van der Waals surface area contributed by atoms with E-state index in [-0.39, 0.29) is 39.6 Å². The third-order valence-corrected chi connectivity index (χ3v) is 11.6. The first-order valence-electron chi connectivity index (χ1n) is 19.3. The minimum Gasteiger partial charge on any atom is -0.481 e. The van der Waals surface area contributed by atoms with Crippen LogP contribution in [-0.2, 0) is 68.8 Å². The molecule has 2 aromatic heterocycles. The van der Waals surface area contributed by atoms with E-state index in [9.17, 15) is 56.6 Å². The molecule has 0 spiro atoms. The molecule has 378 valence electrons. The number of amides is 3. The average molecular weight is 1260 g/mol. The second-order valence-corrected chi connectivity index (χ2v) is 17.2. The summed E-state index contributed by atoms with van der Waals surface area (Å²) in [5.74, 6) is -6.21. The summed E-state index contributed by atoms with van der Waals surface area (Å²) >= 11 is 0. The zero-order chi connectivity index (χ0) is 49.8. The predicted molar refractivity (Wildman–Crippen MR) is 223 cm³/mol. The number of aromatic amines is 1. The van der Waals surface area contributed by atoms with Crippen molar-refractivity contribution in [1.29, 1.82) is 0 Å². The SMILES string of the molecule is CN(C)C(=O)COC(=O)c1cc(COC(=O)N(Cc2cnc3nc(N)[nH]c(=O)c3n2)c2ccc(C(=O)NC(CCC(=O)O)C(=O)O)cc2)ccc1OP1(=O)OCC(OP(=O)(OCF)OCF)CO1.[Fm]. The minimum absolute atomic E-state index is 0. The van der Waals surface area contributed by atoms with E-state index in [1.54, 1.807) is 0 Å². The Hall–Kier alpha value is -8.00. The normalized spacial score (nSPS) is 16.0. The number of nitrogens with two attached hydrogens (primary N) is 1. The first-order chi connectivity index (χ1) is 32.2. The van der Waals surface area contributed by atoms with Crippen molar-refractivity contribution in [2.45, 2.75) is 38.1 Å². The first kappa shape index (κ1) is 53.6. The molecule has 2 aromatic carbocycles. The number of ether oxygens (including phenoxy) is 2. The second kappa shape index (κ2) is 23.6. The van der Waals surface area contributed by atoms with E-state index < -0.39 is 140 Å². The largest absolute Gasteiger partial charge is 0.530 e. The van der Waals surface area contributed by atoms with E-state index in [0.717, 1.165) is 21.9 Å². The number of benzene rings is 2. The molecule has 3 amide bonds. The molecular formula is C37H40F2FmN8O19P2. The van der Waals surface area contributed by atoms with Crippen LogP contribution in [0.1, 0.15) is 44.8 Å². The van der Waals surface area contributed by atoms with Gasteiger partial charge in [-0.25, -0.2) is 42.3 Å². The number of rotatable bonds is 22. The molecule has 1 aliphatic rings. The Labute approximate surface area is 381 Å². The van der Waals surface area contributed by atoms with Gasteiger partial charge in [0, 0.05) is 31.8 Å². The van der Waals surface area contributed by atoms with Crippen molar-refractivity contribution >= 4 is 74.3 Å². The molecule has 1 saturated heterocycles. The van der Waals surface area contributed by atoms with Gasteiger partial charge in [0.05, 0.1) is 31.6 Å². The summed E-state index contributed by atoms with van der Waals surface area (Å²) in [5.41, 5.74) is 4.06. The molecule has 1 fully saturated rings. The van der Waals surface area contributed by atoms with E-state index in [1.165, 1.54) is 50.6 Å². The Balaban J connectivity index is 0.0000104. The van der Waals surface area contributed by atoms with Crippen LogP contribution in [0.15, 0.2) is 53.5 Å². The van der Waals surface area contributed by atoms with Crippen LogP contribution < -0.4 is 26.0 Å². The van der Waals surface area contributed by atoms with Crippen LogP contribution in [0.5, 0.6) is 5.75 Å². The Bertz CT molecular complexity index is 2680. The molecular weight excluding hydrogens is 1220 g/mol. The number of anilines is 2. The zero-order valence-corrected chi connectivity index (χ0v) is 39.9. The maximum atomic E-state index is 13.9. The van der Waals surface area contributed by atoms with Gasteiger partial charge in [-0.15, -0.1) is 0 Å². The number of aliphatic carboxylic acids is 2. The van der Waals surface area contributed by atoms with Crippen LogP contribution in [0.2, 0.25) is 0 Å². The number of phosphoric ester groups is 2. The fourth-order valence-electron chi connectivity index (χ4n) is 5.56.